The van der Waals surface area contributed by atoms with Crippen molar-refractivity contribution in [3.05, 3.63) is 12.7 Å². The highest BCUT2D eigenvalue weighted by molar-refractivity contribution is 6.38. The normalized spacial score (nSPS) is 23.9. The molecule has 4 N–H and O–H groups in total. The van der Waals surface area contributed by atoms with Gasteiger partial charge in [-0.05, 0) is 47.8 Å². The van der Waals surface area contributed by atoms with Crippen molar-refractivity contribution in [1.29, 1.82) is 0 Å². The van der Waals surface area contributed by atoms with Crippen molar-refractivity contribution in [3.8, 4) is 0 Å². The number of carbonyl (C=O) groups excluding carboxylic acids is 6. The van der Waals surface area contributed by atoms with Crippen molar-refractivity contribution in [2.45, 2.75) is 112 Å². The van der Waals surface area contributed by atoms with Gasteiger partial charge in [0.15, 0.2) is 5.78 Å². The van der Waals surface area contributed by atoms with Crippen molar-refractivity contribution >= 4 is 35.3 Å². The Bertz CT molecular complexity index is 1150. The Kier molecular flexibility index (Phi) is 11.1. The maximum atomic E-state index is 14.2. The highest BCUT2D eigenvalue weighted by Gasteiger charge is 2.70. The summed E-state index contributed by atoms with van der Waals surface area (Å²) in [6.45, 7) is 19.3. The number of carbonyl (C=O) groups is 6. The van der Waals surface area contributed by atoms with Gasteiger partial charge in [-0.3, -0.25) is 24.0 Å². The average Bonchev–Trinajstić information content (AvgIpc) is 3.82. The monoisotopic (exact) mass is 615 g/mol. The van der Waals surface area contributed by atoms with Crippen LogP contribution in [0.5, 0.6) is 0 Å². The summed E-state index contributed by atoms with van der Waals surface area (Å²) in [4.78, 5) is 81.2. The van der Waals surface area contributed by atoms with Crippen LogP contribution in [0.4, 0.5) is 4.79 Å². The van der Waals surface area contributed by atoms with E-state index in [9.17, 15) is 28.8 Å². The Hall–Kier alpha value is -3.24. The van der Waals surface area contributed by atoms with Crippen LogP contribution in [0.2, 0.25) is 0 Å². The minimum absolute atomic E-state index is 0.0118. The zero-order valence-corrected chi connectivity index (χ0v) is 27.7. The number of rotatable bonds is 15. The highest BCUT2D eigenvalue weighted by Crippen LogP contribution is 2.65. The number of likely N-dealkylation sites (tertiary alicyclic amines) is 1. The van der Waals surface area contributed by atoms with Gasteiger partial charge in [0.05, 0.1) is 12.1 Å². The molecule has 2 aliphatic carbocycles. The molecule has 5 amide bonds. The number of fused-ring (bicyclic) bond motifs is 1. The fourth-order valence-corrected chi connectivity index (χ4v) is 6.47. The van der Waals surface area contributed by atoms with Crippen LogP contribution < -0.4 is 21.3 Å². The third-order valence-corrected chi connectivity index (χ3v) is 9.50. The molecule has 0 aromatic carbocycles. The number of hydrogen-bond donors (Lipinski definition) is 4. The number of nitrogens with zero attached hydrogens (tertiary/aromatic N) is 1. The van der Waals surface area contributed by atoms with E-state index in [2.05, 4.69) is 41.7 Å². The number of amides is 5. The first-order valence-corrected chi connectivity index (χ1v) is 16.1. The zero-order valence-electron chi connectivity index (χ0n) is 27.7. The van der Waals surface area contributed by atoms with Gasteiger partial charge in [0.25, 0.3) is 5.91 Å². The predicted molar refractivity (Wildman–Crippen MR) is 167 cm³/mol. The van der Waals surface area contributed by atoms with E-state index in [1.807, 2.05) is 41.5 Å². The SMILES string of the molecule is C=CCNC(=O)C(=O)C(CCCC)NC(=O)[C@@H]1[C@@H]2[C@H](CN1C(=O)[C@@H](NC(=O)N[C@H](C(=O)C1CC1)C(C)C)C(C)(C)C)C2(C)C. The maximum absolute atomic E-state index is 14.2. The lowest BCUT2D eigenvalue weighted by Crippen LogP contribution is -2.62. The molecule has 0 aromatic heterocycles. The third-order valence-electron chi connectivity index (χ3n) is 9.50. The molecule has 1 saturated heterocycles. The van der Waals surface area contributed by atoms with Crippen molar-refractivity contribution in [1.82, 2.24) is 26.2 Å². The maximum Gasteiger partial charge on any atom is 0.316 e. The molecular weight excluding hydrogens is 562 g/mol. The highest BCUT2D eigenvalue weighted by atomic mass is 16.2. The number of hydrogen-bond acceptors (Lipinski definition) is 6. The molecule has 0 aromatic rings. The van der Waals surface area contributed by atoms with Gasteiger partial charge in [0.2, 0.25) is 17.6 Å². The largest absolute Gasteiger partial charge is 0.346 e. The van der Waals surface area contributed by atoms with Gasteiger partial charge in [-0.15, -0.1) is 6.58 Å². The summed E-state index contributed by atoms with van der Waals surface area (Å²) >= 11 is 0. The van der Waals surface area contributed by atoms with E-state index in [-0.39, 0.29) is 41.4 Å². The van der Waals surface area contributed by atoms with Crippen molar-refractivity contribution in [2.75, 3.05) is 13.1 Å². The summed E-state index contributed by atoms with van der Waals surface area (Å²) in [6.07, 6.45) is 4.82. The molecule has 0 spiro atoms. The summed E-state index contributed by atoms with van der Waals surface area (Å²) in [5.41, 5.74) is -0.896. The molecule has 0 radical (unpaired) electrons. The lowest BCUT2D eigenvalue weighted by molar-refractivity contribution is -0.145. The smallest absolute Gasteiger partial charge is 0.316 e. The summed E-state index contributed by atoms with van der Waals surface area (Å²) in [7, 11) is 0. The topological polar surface area (TPSA) is 154 Å². The quantitative estimate of drug-likeness (QED) is 0.164. The van der Waals surface area contributed by atoms with E-state index in [1.54, 1.807) is 0 Å². The molecule has 11 heteroatoms. The van der Waals surface area contributed by atoms with Crippen molar-refractivity contribution in [3.63, 3.8) is 0 Å². The molecule has 1 heterocycles. The van der Waals surface area contributed by atoms with Crippen LogP contribution in [0.3, 0.4) is 0 Å². The van der Waals surface area contributed by atoms with Crippen LogP contribution >= 0.6 is 0 Å². The number of ketones is 2. The Morgan fingerprint density at radius 1 is 1.02 bits per heavy atom. The summed E-state index contributed by atoms with van der Waals surface area (Å²) in [5, 5.41) is 10.9. The third kappa shape index (κ3) is 7.88. The minimum Gasteiger partial charge on any atom is -0.346 e. The average molecular weight is 616 g/mol. The van der Waals surface area contributed by atoms with Crippen LogP contribution in [-0.2, 0) is 24.0 Å². The Labute approximate surface area is 262 Å². The van der Waals surface area contributed by atoms with E-state index >= 15 is 0 Å². The zero-order chi connectivity index (χ0) is 33.1. The first kappa shape index (κ1) is 35.2. The molecule has 44 heavy (non-hydrogen) atoms. The molecule has 6 atom stereocenters. The summed E-state index contributed by atoms with van der Waals surface area (Å²) in [6, 6.07) is -4.12. The second-order valence-corrected chi connectivity index (χ2v) is 14.8. The van der Waals surface area contributed by atoms with Gasteiger partial charge >= 0.3 is 6.03 Å². The Morgan fingerprint density at radius 2 is 1.66 bits per heavy atom. The molecule has 1 aliphatic heterocycles. The standard InChI is InChI=1S/C33H53N5O6/c1-10-12-13-21(26(40)29(42)34-16-11-2)35-28(41)24-22-20(33(22,8)9)17-38(24)30(43)27(32(5,6)7)37-31(44)36-23(18(3)4)25(39)19-14-15-19/h11,18-24,27H,2,10,12-17H2,1,3-9H3,(H,34,42)(H,35,41)(H2,36,37,44)/t20-,21?,22-,23-,24-,27+/m0/s1. The summed E-state index contributed by atoms with van der Waals surface area (Å²) < 4.78 is 0. The number of piperidine rings is 1. The van der Waals surface area contributed by atoms with Gasteiger partial charge in [0.1, 0.15) is 12.1 Å². The lowest BCUT2D eigenvalue weighted by atomic mass is 9.85. The Balaban J connectivity index is 1.81. The Morgan fingerprint density at radius 3 is 2.18 bits per heavy atom. The minimum atomic E-state index is -1.02. The molecule has 1 unspecified atom stereocenters. The van der Waals surface area contributed by atoms with Crippen LogP contribution in [0.15, 0.2) is 12.7 Å². The fraction of sp³-hybridized carbons (Fsp3) is 0.758. The number of nitrogens with one attached hydrogen (secondary N) is 4. The molecule has 2 saturated carbocycles. The van der Waals surface area contributed by atoms with E-state index in [4.69, 9.17) is 0 Å². The van der Waals surface area contributed by atoms with E-state index in [0.717, 1.165) is 19.3 Å². The second-order valence-electron chi connectivity index (χ2n) is 14.8. The molecule has 0 bridgehead atoms. The van der Waals surface area contributed by atoms with Gasteiger partial charge in [-0.2, -0.15) is 0 Å². The molecule has 3 rings (SSSR count). The lowest BCUT2D eigenvalue weighted by Gasteiger charge is -2.38. The van der Waals surface area contributed by atoms with Crippen LogP contribution in [0, 0.1) is 34.5 Å². The van der Waals surface area contributed by atoms with E-state index < -0.39 is 59.1 Å². The van der Waals surface area contributed by atoms with Crippen molar-refractivity contribution < 1.29 is 28.8 Å². The van der Waals surface area contributed by atoms with Crippen LogP contribution in [-0.4, -0.2) is 77.5 Å². The predicted octanol–water partition coefficient (Wildman–Crippen LogP) is 2.73. The van der Waals surface area contributed by atoms with Gasteiger partial charge in [-0.1, -0.05) is 74.3 Å². The van der Waals surface area contributed by atoms with Gasteiger partial charge < -0.3 is 26.2 Å². The number of urea groups is 1. The molecule has 11 nitrogen and oxygen atoms in total. The van der Waals surface area contributed by atoms with Gasteiger partial charge in [0, 0.05) is 19.0 Å². The van der Waals surface area contributed by atoms with E-state index in [1.165, 1.54) is 11.0 Å². The van der Waals surface area contributed by atoms with Gasteiger partial charge in [-0.25, -0.2) is 4.79 Å². The molecule has 3 aliphatic rings. The first-order chi connectivity index (χ1) is 20.5. The summed E-state index contributed by atoms with van der Waals surface area (Å²) in [5.74, 6) is -2.57. The van der Waals surface area contributed by atoms with Crippen molar-refractivity contribution in [2.24, 2.45) is 34.5 Å². The van der Waals surface area contributed by atoms with Crippen LogP contribution in [0.1, 0.15) is 87.5 Å². The second kappa shape index (κ2) is 13.8. The number of unbranched alkanes of at least 4 members (excludes halogenated alkanes) is 1. The first-order valence-electron chi connectivity index (χ1n) is 16.1. The molecule has 3 fully saturated rings. The number of Topliss-reactive ketones (excluding diaryl/α,β-unsaturated/α-hetero) is 2. The van der Waals surface area contributed by atoms with E-state index in [0.29, 0.717) is 19.4 Å². The molecular formula is C33H53N5O6. The fourth-order valence-electron chi connectivity index (χ4n) is 6.47. The van der Waals surface area contributed by atoms with Crippen LogP contribution in [0.25, 0.3) is 0 Å². The molecule has 246 valence electrons.